The van der Waals surface area contributed by atoms with Crippen molar-refractivity contribution < 1.29 is 19.4 Å². The van der Waals surface area contributed by atoms with E-state index in [1.807, 2.05) is 11.4 Å². The van der Waals surface area contributed by atoms with Gasteiger partial charge in [-0.1, -0.05) is 0 Å². The highest BCUT2D eigenvalue weighted by atomic mass is 32.1. The molecule has 2 rings (SSSR count). The van der Waals surface area contributed by atoms with Crippen molar-refractivity contribution in [2.24, 2.45) is 0 Å². The predicted molar refractivity (Wildman–Crippen MR) is 65.0 cm³/mol. The summed E-state index contributed by atoms with van der Waals surface area (Å²) in [5, 5.41) is 10.5. The van der Waals surface area contributed by atoms with Gasteiger partial charge in [0, 0.05) is 17.6 Å². The molecule has 0 radical (unpaired) electrons. The van der Waals surface area contributed by atoms with Crippen molar-refractivity contribution in [1.29, 1.82) is 0 Å². The molecule has 1 saturated heterocycles. The summed E-state index contributed by atoms with van der Waals surface area (Å²) in [5.41, 5.74) is 0.913. The van der Waals surface area contributed by atoms with Crippen molar-refractivity contribution >= 4 is 23.4 Å². The number of carboxylic acid groups (broad SMARTS) is 1. The summed E-state index contributed by atoms with van der Waals surface area (Å²) in [6.07, 6.45) is 3.85. The van der Waals surface area contributed by atoms with E-state index in [-0.39, 0.29) is 6.10 Å². The Hall–Kier alpha value is -1.17. The van der Waals surface area contributed by atoms with Crippen molar-refractivity contribution in [3.8, 4) is 0 Å². The van der Waals surface area contributed by atoms with Crippen molar-refractivity contribution in [2.75, 3.05) is 13.2 Å². The van der Waals surface area contributed by atoms with E-state index in [0.29, 0.717) is 13.2 Å². The number of hydrogen-bond donors (Lipinski definition) is 1. The lowest BCUT2D eigenvalue weighted by Gasteiger charge is -2.08. The van der Waals surface area contributed by atoms with Crippen molar-refractivity contribution in [2.45, 2.75) is 19.1 Å². The molecule has 1 aliphatic rings. The van der Waals surface area contributed by atoms with Gasteiger partial charge in [-0.3, -0.25) is 0 Å². The molecule has 1 unspecified atom stereocenters. The molecule has 1 N–H and O–H groups in total. The third-order valence-electron chi connectivity index (χ3n) is 2.52. The molecular weight excluding hydrogens is 240 g/mol. The van der Waals surface area contributed by atoms with Crippen LogP contribution in [0.2, 0.25) is 0 Å². The van der Waals surface area contributed by atoms with Crippen LogP contribution in [0.5, 0.6) is 0 Å². The first kappa shape index (κ1) is 12.3. The van der Waals surface area contributed by atoms with Crippen LogP contribution < -0.4 is 0 Å². The molecule has 1 aromatic rings. The summed E-state index contributed by atoms with van der Waals surface area (Å²) in [4.78, 5) is 11.5. The Morgan fingerprint density at radius 1 is 1.71 bits per heavy atom. The third kappa shape index (κ3) is 3.66. The molecule has 2 heterocycles. The second kappa shape index (κ2) is 5.95. The molecule has 0 saturated carbocycles. The molecule has 0 bridgehead atoms. The van der Waals surface area contributed by atoms with E-state index < -0.39 is 5.97 Å². The van der Waals surface area contributed by atoms with Gasteiger partial charge in [0.05, 0.1) is 19.3 Å². The summed E-state index contributed by atoms with van der Waals surface area (Å²) >= 11 is 1.57. The number of hydrogen-bond acceptors (Lipinski definition) is 4. The molecule has 0 aliphatic carbocycles. The third-order valence-corrected chi connectivity index (χ3v) is 3.43. The van der Waals surface area contributed by atoms with Gasteiger partial charge in [-0.15, -0.1) is 11.3 Å². The molecule has 1 atom stereocenters. The number of ether oxygens (including phenoxy) is 2. The monoisotopic (exact) mass is 254 g/mol. The van der Waals surface area contributed by atoms with E-state index >= 15 is 0 Å². The van der Waals surface area contributed by atoms with E-state index in [4.69, 9.17) is 14.6 Å². The van der Waals surface area contributed by atoms with E-state index in [1.54, 1.807) is 17.4 Å². The molecule has 4 nitrogen and oxygen atoms in total. The van der Waals surface area contributed by atoms with Gasteiger partial charge in [0.15, 0.2) is 0 Å². The van der Waals surface area contributed by atoms with Gasteiger partial charge >= 0.3 is 5.97 Å². The minimum absolute atomic E-state index is 0.174. The topological polar surface area (TPSA) is 55.8 Å². The van der Waals surface area contributed by atoms with Crippen molar-refractivity contribution in [3.05, 3.63) is 28.0 Å². The highest BCUT2D eigenvalue weighted by molar-refractivity contribution is 7.10. The van der Waals surface area contributed by atoms with Gasteiger partial charge in [0.25, 0.3) is 0 Å². The van der Waals surface area contributed by atoms with Crippen LogP contribution in [-0.4, -0.2) is 30.4 Å². The van der Waals surface area contributed by atoms with Crippen LogP contribution in [0, 0.1) is 0 Å². The lowest BCUT2D eigenvalue weighted by molar-refractivity contribution is -0.131. The summed E-state index contributed by atoms with van der Waals surface area (Å²) in [7, 11) is 0. The van der Waals surface area contributed by atoms with Crippen LogP contribution >= 0.6 is 11.3 Å². The molecule has 1 aromatic heterocycles. The maximum atomic E-state index is 10.4. The fraction of sp³-hybridized carbons (Fsp3) is 0.417. The van der Waals surface area contributed by atoms with E-state index in [1.165, 1.54) is 0 Å². The van der Waals surface area contributed by atoms with Gasteiger partial charge in [0.2, 0.25) is 0 Å². The molecule has 17 heavy (non-hydrogen) atoms. The van der Waals surface area contributed by atoms with E-state index in [2.05, 4.69) is 0 Å². The standard InChI is InChI=1S/C12H14O4S/c13-12(14)2-1-9-4-6-17-11(9)8-16-10-3-5-15-7-10/h1-2,4,6,10H,3,5,7-8H2,(H,13,14). The molecule has 0 aromatic carbocycles. The lowest BCUT2D eigenvalue weighted by atomic mass is 10.2. The molecule has 0 spiro atoms. The van der Waals surface area contributed by atoms with Gasteiger partial charge in [-0.25, -0.2) is 4.79 Å². The zero-order valence-electron chi connectivity index (χ0n) is 9.30. The Bertz CT molecular complexity index is 404. The molecule has 0 amide bonds. The van der Waals surface area contributed by atoms with Crippen LogP contribution in [-0.2, 0) is 20.9 Å². The number of carbonyl (C=O) groups is 1. The number of carboxylic acids is 1. The van der Waals surface area contributed by atoms with Crippen LogP contribution in [0.3, 0.4) is 0 Å². The average Bonchev–Trinajstić information content (AvgIpc) is 2.95. The summed E-state index contributed by atoms with van der Waals surface area (Å²) in [6.45, 7) is 1.94. The molecule has 1 fully saturated rings. The van der Waals surface area contributed by atoms with E-state index in [9.17, 15) is 4.79 Å². The Kier molecular flexibility index (Phi) is 4.30. The number of rotatable bonds is 5. The fourth-order valence-corrected chi connectivity index (χ4v) is 2.40. The zero-order valence-corrected chi connectivity index (χ0v) is 10.1. The van der Waals surface area contributed by atoms with Crippen molar-refractivity contribution in [1.82, 2.24) is 0 Å². The average molecular weight is 254 g/mol. The normalized spacial score (nSPS) is 20.1. The molecular formula is C12H14O4S. The quantitative estimate of drug-likeness (QED) is 0.818. The minimum atomic E-state index is -0.938. The molecule has 92 valence electrons. The first-order valence-corrected chi connectivity index (χ1v) is 6.30. The number of aliphatic carboxylic acids is 1. The van der Waals surface area contributed by atoms with Gasteiger partial charge < -0.3 is 14.6 Å². The van der Waals surface area contributed by atoms with Crippen molar-refractivity contribution in [3.63, 3.8) is 0 Å². The maximum Gasteiger partial charge on any atom is 0.328 e. The first-order chi connectivity index (χ1) is 8.25. The first-order valence-electron chi connectivity index (χ1n) is 5.42. The summed E-state index contributed by atoms with van der Waals surface area (Å²) in [5.74, 6) is -0.938. The maximum absolute atomic E-state index is 10.4. The minimum Gasteiger partial charge on any atom is -0.478 e. The Morgan fingerprint density at radius 3 is 3.29 bits per heavy atom. The van der Waals surface area contributed by atoms with Crippen LogP contribution in [0.25, 0.3) is 6.08 Å². The Labute approximate surface area is 103 Å². The summed E-state index contributed by atoms with van der Waals surface area (Å²) in [6, 6.07) is 1.90. The predicted octanol–water partition coefficient (Wildman–Crippen LogP) is 2.15. The highest BCUT2D eigenvalue weighted by Gasteiger charge is 2.16. The van der Waals surface area contributed by atoms with Crippen LogP contribution in [0.1, 0.15) is 16.9 Å². The highest BCUT2D eigenvalue weighted by Crippen LogP contribution is 2.21. The molecule has 1 aliphatic heterocycles. The van der Waals surface area contributed by atoms with Crippen LogP contribution in [0.4, 0.5) is 0 Å². The summed E-state index contributed by atoms with van der Waals surface area (Å²) < 4.78 is 10.9. The largest absolute Gasteiger partial charge is 0.478 e. The zero-order chi connectivity index (χ0) is 12.1. The second-order valence-electron chi connectivity index (χ2n) is 3.77. The lowest BCUT2D eigenvalue weighted by Crippen LogP contribution is -2.11. The molecule has 5 heteroatoms. The van der Waals surface area contributed by atoms with Crippen LogP contribution in [0.15, 0.2) is 17.5 Å². The van der Waals surface area contributed by atoms with Gasteiger partial charge in [-0.05, 0) is 29.5 Å². The SMILES string of the molecule is O=C(O)C=Cc1ccsc1COC1CCOC1. The smallest absolute Gasteiger partial charge is 0.328 e. The number of thiophene rings is 1. The Morgan fingerprint density at radius 2 is 2.59 bits per heavy atom. The van der Waals surface area contributed by atoms with Gasteiger partial charge in [0.1, 0.15) is 0 Å². The fourth-order valence-electron chi connectivity index (χ4n) is 1.62. The van der Waals surface area contributed by atoms with Gasteiger partial charge in [-0.2, -0.15) is 0 Å². The Balaban J connectivity index is 1.91. The second-order valence-corrected chi connectivity index (χ2v) is 4.77. The van der Waals surface area contributed by atoms with E-state index in [0.717, 1.165) is 29.5 Å².